The van der Waals surface area contributed by atoms with Crippen LogP contribution in [0.3, 0.4) is 0 Å². The first-order valence-electron chi connectivity index (χ1n) is 13.0. The number of halogens is 2. The molecular formula is C28H37F2N3O4. The average molecular weight is 518 g/mol. The number of piperidine rings is 1. The van der Waals surface area contributed by atoms with Crippen molar-refractivity contribution in [3.05, 3.63) is 59.7 Å². The first kappa shape index (κ1) is 27.4. The highest BCUT2D eigenvalue weighted by Crippen LogP contribution is 2.44. The van der Waals surface area contributed by atoms with Crippen molar-refractivity contribution >= 4 is 6.03 Å². The second-order valence-electron chi connectivity index (χ2n) is 10.3. The van der Waals surface area contributed by atoms with Gasteiger partial charge in [-0.3, -0.25) is 0 Å². The highest BCUT2D eigenvalue weighted by molar-refractivity contribution is 5.75. The topological polar surface area (TPSA) is 99.3 Å². The van der Waals surface area contributed by atoms with Crippen molar-refractivity contribution in [1.82, 2.24) is 9.80 Å². The summed E-state index contributed by atoms with van der Waals surface area (Å²) in [6.07, 6.45) is 2.23. The van der Waals surface area contributed by atoms with Gasteiger partial charge in [0, 0.05) is 57.4 Å². The van der Waals surface area contributed by atoms with Crippen molar-refractivity contribution in [2.75, 3.05) is 39.9 Å². The molecule has 2 amide bonds. The highest BCUT2D eigenvalue weighted by atomic mass is 19.1. The van der Waals surface area contributed by atoms with Crippen LogP contribution in [0.2, 0.25) is 0 Å². The first-order chi connectivity index (χ1) is 17.7. The summed E-state index contributed by atoms with van der Waals surface area (Å²) in [7, 11) is 1.62. The van der Waals surface area contributed by atoms with Gasteiger partial charge in [-0.1, -0.05) is 24.3 Å². The number of carbonyl (C=O) groups is 1. The Balaban J connectivity index is 1.68. The number of methoxy groups -OCH3 is 1. The smallest absolute Gasteiger partial charge is 0.320 e. The number of hydrogen-bond acceptors (Lipinski definition) is 5. The van der Waals surface area contributed by atoms with E-state index < -0.39 is 29.4 Å². The predicted octanol–water partition coefficient (Wildman–Crippen LogP) is 3.47. The Labute approximate surface area is 216 Å². The van der Waals surface area contributed by atoms with Gasteiger partial charge in [0.2, 0.25) is 0 Å². The molecule has 9 heteroatoms. The Bertz CT molecular complexity index is 1080. The lowest BCUT2D eigenvalue weighted by molar-refractivity contribution is -0.0573. The van der Waals surface area contributed by atoms with Crippen molar-refractivity contribution in [3.63, 3.8) is 0 Å². The molecular weight excluding hydrogens is 480 g/mol. The van der Waals surface area contributed by atoms with E-state index in [2.05, 4.69) is 0 Å². The molecule has 4 atom stereocenters. The number of urea groups is 1. The second-order valence-corrected chi connectivity index (χ2v) is 10.3. The molecule has 2 aliphatic rings. The number of aliphatic hydroxyl groups excluding tert-OH is 1. The number of nitrogens with zero attached hydrogens (tertiary/aromatic N) is 2. The van der Waals surface area contributed by atoms with Gasteiger partial charge in [-0.15, -0.1) is 0 Å². The summed E-state index contributed by atoms with van der Waals surface area (Å²) in [5.41, 5.74) is 5.37. The minimum Gasteiger partial charge on any atom is -0.390 e. The van der Waals surface area contributed by atoms with Gasteiger partial charge in [-0.05, 0) is 61.4 Å². The maximum atomic E-state index is 15.3. The molecule has 4 N–H and O–H groups in total. The number of benzene rings is 2. The fourth-order valence-electron chi connectivity index (χ4n) is 5.73. The normalized spacial score (nSPS) is 23.8. The molecule has 0 aromatic heterocycles. The number of amides is 2. The quantitative estimate of drug-likeness (QED) is 0.466. The number of carbonyl (C=O) groups excluding carboxylic acids is 1. The molecule has 0 bridgehead atoms. The van der Waals surface area contributed by atoms with E-state index in [-0.39, 0.29) is 37.1 Å². The number of hydrogen-bond donors (Lipinski definition) is 3. The lowest BCUT2D eigenvalue weighted by Gasteiger charge is -2.44. The zero-order valence-corrected chi connectivity index (χ0v) is 21.3. The number of rotatable bonds is 8. The van der Waals surface area contributed by atoms with Crippen molar-refractivity contribution in [3.8, 4) is 11.1 Å². The predicted molar refractivity (Wildman–Crippen MR) is 137 cm³/mol. The van der Waals surface area contributed by atoms with Gasteiger partial charge in [0.1, 0.15) is 11.6 Å². The molecule has 4 rings (SSSR count). The molecule has 202 valence electrons. The van der Waals surface area contributed by atoms with Crippen molar-refractivity contribution < 1.29 is 28.5 Å². The van der Waals surface area contributed by atoms with Gasteiger partial charge >= 0.3 is 6.03 Å². The van der Waals surface area contributed by atoms with Crippen molar-refractivity contribution in [1.29, 1.82) is 0 Å². The van der Waals surface area contributed by atoms with E-state index in [1.807, 2.05) is 0 Å². The van der Waals surface area contributed by atoms with Crippen LogP contribution in [0.15, 0.2) is 42.5 Å². The van der Waals surface area contributed by atoms with Gasteiger partial charge in [-0.2, -0.15) is 0 Å². The summed E-state index contributed by atoms with van der Waals surface area (Å²) in [4.78, 5) is 16.5. The zero-order valence-electron chi connectivity index (χ0n) is 21.3. The number of unbranched alkanes of at least 4 members (excludes halogenated alkanes) is 1. The fraction of sp³-hybridized carbons (Fsp3) is 0.536. The lowest BCUT2D eigenvalue weighted by Crippen LogP contribution is -2.52. The van der Waals surface area contributed by atoms with Gasteiger partial charge in [0.05, 0.1) is 11.7 Å². The summed E-state index contributed by atoms with van der Waals surface area (Å²) >= 11 is 0. The van der Waals surface area contributed by atoms with Crippen LogP contribution < -0.4 is 5.73 Å². The van der Waals surface area contributed by atoms with Crippen LogP contribution in [-0.4, -0.2) is 78.1 Å². The lowest BCUT2D eigenvalue weighted by atomic mass is 9.72. The van der Waals surface area contributed by atoms with Crippen LogP contribution in [-0.2, 0) is 10.3 Å². The van der Waals surface area contributed by atoms with E-state index in [0.29, 0.717) is 56.4 Å². The van der Waals surface area contributed by atoms with Crippen LogP contribution in [0, 0.1) is 17.6 Å². The molecule has 2 aromatic carbocycles. The minimum absolute atomic E-state index is 0.174. The molecule has 2 fully saturated rings. The zero-order chi connectivity index (χ0) is 26.6. The van der Waals surface area contributed by atoms with E-state index in [4.69, 9.17) is 10.5 Å². The molecule has 0 aliphatic carbocycles. The Morgan fingerprint density at radius 3 is 2.62 bits per heavy atom. The molecule has 37 heavy (non-hydrogen) atoms. The van der Waals surface area contributed by atoms with E-state index in [9.17, 15) is 19.4 Å². The largest absolute Gasteiger partial charge is 0.390 e. The van der Waals surface area contributed by atoms with Gasteiger partial charge in [-0.25, -0.2) is 13.6 Å². The first-order valence-corrected chi connectivity index (χ1v) is 13.0. The SMILES string of the molecule is COCCCC[C@@](O)(c1cccc(F)c1-c1cccc(F)c1)[C@@H]1CCCN(C(=O)N2C[C@@H](N)[C@@H](O)C2)C1. The molecule has 0 radical (unpaired) electrons. The minimum atomic E-state index is -1.46. The number of ether oxygens (including phenoxy) is 1. The molecule has 2 aromatic rings. The van der Waals surface area contributed by atoms with Crippen LogP contribution in [0.25, 0.3) is 11.1 Å². The summed E-state index contributed by atoms with van der Waals surface area (Å²) in [5.74, 6) is -1.40. The van der Waals surface area contributed by atoms with E-state index in [1.165, 1.54) is 24.3 Å². The van der Waals surface area contributed by atoms with Crippen LogP contribution in [0.1, 0.15) is 37.7 Å². The van der Waals surface area contributed by atoms with Crippen molar-refractivity contribution in [2.45, 2.75) is 49.9 Å². The molecule has 2 saturated heterocycles. The van der Waals surface area contributed by atoms with E-state index in [0.717, 1.165) is 0 Å². The summed E-state index contributed by atoms with van der Waals surface area (Å²) in [5, 5.41) is 22.4. The Hall–Kier alpha value is -2.59. The average Bonchev–Trinajstić information content (AvgIpc) is 3.23. The monoisotopic (exact) mass is 517 g/mol. The Morgan fingerprint density at radius 1 is 1.14 bits per heavy atom. The number of likely N-dealkylation sites (tertiary alicyclic amines) is 2. The molecule has 0 unspecified atom stereocenters. The van der Waals surface area contributed by atoms with Gasteiger partial charge in [0.25, 0.3) is 0 Å². The van der Waals surface area contributed by atoms with Gasteiger partial charge in [0.15, 0.2) is 0 Å². The standard InChI is InChI=1S/C28H37F2N3O4/c1-37-14-3-2-12-28(36,22-10-5-11-23(30)26(22)19-7-4-9-21(29)15-19)20-8-6-13-32(16-20)27(35)33-17-24(31)25(34)18-33/h4-5,7,9-11,15,20,24-25,34,36H,2-3,6,8,12-14,16-18,31H2,1H3/t20-,24-,25+,28+/m1/s1. The maximum Gasteiger partial charge on any atom is 0.320 e. The molecule has 0 spiro atoms. The number of β-amino-alcohol motifs (C(OH)–C–C–N with tert-alkyl or cyclic N) is 1. The second kappa shape index (κ2) is 11.9. The third kappa shape index (κ3) is 5.95. The molecule has 2 heterocycles. The Kier molecular flexibility index (Phi) is 8.79. The van der Waals surface area contributed by atoms with Gasteiger partial charge < -0.3 is 30.5 Å². The Morgan fingerprint density at radius 2 is 1.92 bits per heavy atom. The highest BCUT2D eigenvalue weighted by Gasteiger charge is 2.44. The number of nitrogens with two attached hydrogens (primary N) is 1. The molecule has 2 aliphatic heterocycles. The van der Waals surface area contributed by atoms with E-state index in [1.54, 1.807) is 35.1 Å². The fourth-order valence-corrected chi connectivity index (χ4v) is 5.73. The molecule has 0 saturated carbocycles. The third-order valence-electron chi connectivity index (χ3n) is 7.72. The maximum absolute atomic E-state index is 15.3. The van der Waals surface area contributed by atoms with Crippen LogP contribution >= 0.6 is 0 Å². The summed E-state index contributed by atoms with van der Waals surface area (Å²) < 4.78 is 34.6. The third-order valence-corrected chi connectivity index (χ3v) is 7.72. The van der Waals surface area contributed by atoms with Crippen LogP contribution in [0.4, 0.5) is 13.6 Å². The number of aliphatic hydroxyl groups is 2. The van der Waals surface area contributed by atoms with Crippen LogP contribution in [0.5, 0.6) is 0 Å². The van der Waals surface area contributed by atoms with Crippen molar-refractivity contribution in [2.24, 2.45) is 11.7 Å². The van der Waals surface area contributed by atoms with E-state index >= 15 is 4.39 Å². The summed E-state index contributed by atoms with van der Waals surface area (Å²) in [6, 6.07) is 9.60. The summed E-state index contributed by atoms with van der Waals surface area (Å²) in [6.45, 7) is 1.78. The molecule has 7 nitrogen and oxygen atoms in total.